The number of rotatable bonds is 5. The molecule has 0 radical (unpaired) electrons. The van der Waals surface area contributed by atoms with Gasteiger partial charge in [-0.2, -0.15) is 0 Å². The maximum Gasteiger partial charge on any atom is 0.214 e. The summed E-state index contributed by atoms with van der Waals surface area (Å²) in [4.78, 5) is 4.07. The fourth-order valence-electron chi connectivity index (χ4n) is 1.68. The van der Waals surface area contributed by atoms with Gasteiger partial charge >= 0.3 is 0 Å². The SMILES string of the molecule is CCCC(C)(C)Nc1ccnc(OC)c1. The Morgan fingerprint density at radius 2 is 2.20 bits per heavy atom. The molecule has 0 aromatic carbocycles. The van der Waals surface area contributed by atoms with Gasteiger partial charge in [0.05, 0.1) is 7.11 Å². The van der Waals surface area contributed by atoms with Crippen LogP contribution in [0.15, 0.2) is 18.3 Å². The Labute approximate surface area is 91.9 Å². The van der Waals surface area contributed by atoms with Gasteiger partial charge in [0, 0.05) is 23.5 Å². The monoisotopic (exact) mass is 208 g/mol. The molecule has 0 aliphatic carbocycles. The summed E-state index contributed by atoms with van der Waals surface area (Å²) < 4.78 is 5.08. The van der Waals surface area contributed by atoms with Crippen LogP contribution in [0.1, 0.15) is 33.6 Å². The first-order chi connectivity index (χ1) is 7.07. The van der Waals surface area contributed by atoms with Gasteiger partial charge in [-0.1, -0.05) is 13.3 Å². The number of anilines is 1. The van der Waals surface area contributed by atoms with Gasteiger partial charge in [0.1, 0.15) is 0 Å². The van der Waals surface area contributed by atoms with Crippen molar-refractivity contribution in [1.29, 1.82) is 0 Å². The van der Waals surface area contributed by atoms with Gasteiger partial charge in [0.2, 0.25) is 5.88 Å². The van der Waals surface area contributed by atoms with E-state index in [1.165, 1.54) is 6.42 Å². The van der Waals surface area contributed by atoms with Crippen LogP contribution in [0.5, 0.6) is 5.88 Å². The molecule has 3 heteroatoms. The number of nitrogens with zero attached hydrogens (tertiary/aromatic N) is 1. The summed E-state index contributed by atoms with van der Waals surface area (Å²) >= 11 is 0. The lowest BCUT2D eigenvalue weighted by Crippen LogP contribution is -2.30. The Balaban J connectivity index is 2.71. The van der Waals surface area contributed by atoms with Crippen molar-refractivity contribution in [1.82, 2.24) is 4.98 Å². The average molecular weight is 208 g/mol. The highest BCUT2D eigenvalue weighted by Crippen LogP contribution is 2.21. The van der Waals surface area contributed by atoms with E-state index < -0.39 is 0 Å². The van der Waals surface area contributed by atoms with E-state index >= 15 is 0 Å². The predicted molar refractivity (Wildman–Crippen MR) is 63.4 cm³/mol. The van der Waals surface area contributed by atoms with Crippen LogP contribution in [-0.2, 0) is 0 Å². The van der Waals surface area contributed by atoms with E-state index in [0.717, 1.165) is 12.1 Å². The van der Waals surface area contributed by atoms with Gasteiger partial charge in [-0.3, -0.25) is 0 Å². The third-order valence-electron chi connectivity index (χ3n) is 2.30. The Morgan fingerprint density at radius 3 is 2.80 bits per heavy atom. The molecule has 1 heterocycles. The van der Waals surface area contributed by atoms with Gasteiger partial charge in [-0.15, -0.1) is 0 Å². The van der Waals surface area contributed by atoms with E-state index in [2.05, 4.69) is 31.1 Å². The third-order valence-corrected chi connectivity index (χ3v) is 2.30. The lowest BCUT2D eigenvalue weighted by atomic mass is 9.99. The zero-order chi connectivity index (χ0) is 11.3. The van der Waals surface area contributed by atoms with Crippen LogP contribution in [0, 0.1) is 0 Å². The fraction of sp³-hybridized carbons (Fsp3) is 0.583. The van der Waals surface area contributed by atoms with Gasteiger partial charge < -0.3 is 10.1 Å². The number of methoxy groups -OCH3 is 1. The van der Waals surface area contributed by atoms with Crippen LogP contribution in [0.3, 0.4) is 0 Å². The van der Waals surface area contributed by atoms with E-state index in [4.69, 9.17) is 4.74 Å². The molecule has 0 aliphatic rings. The minimum atomic E-state index is 0.112. The molecular weight excluding hydrogens is 188 g/mol. The van der Waals surface area contributed by atoms with Crippen molar-refractivity contribution in [2.24, 2.45) is 0 Å². The van der Waals surface area contributed by atoms with Crippen molar-refractivity contribution < 1.29 is 4.74 Å². The van der Waals surface area contributed by atoms with Crippen molar-refractivity contribution >= 4 is 5.69 Å². The minimum absolute atomic E-state index is 0.112. The maximum atomic E-state index is 5.08. The predicted octanol–water partition coefficient (Wildman–Crippen LogP) is 3.08. The molecule has 0 saturated heterocycles. The van der Waals surface area contributed by atoms with E-state index in [1.54, 1.807) is 13.3 Å². The Hall–Kier alpha value is -1.25. The highest BCUT2D eigenvalue weighted by Gasteiger charge is 2.15. The van der Waals surface area contributed by atoms with E-state index in [9.17, 15) is 0 Å². The third kappa shape index (κ3) is 3.78. The molecule has 3 nitrogen and oxygen atoms in total. The van der Waals surface area contributed by atoms with Gasteiger partial charge in [-0.05, 0) is 26.3 Å². The second-order valence-corrected chi connectivity index (χ2v) is 4.35. The summed E-state index contributed by atoms with van der Waals surface area (Å²) in [6.45, 7) is 6.59. The van der Waals surface area contributed by atoms with Crippen LogP contribution in [0.25, 0.3) is 0 Å². The lowest BCUT2D eigenvalue weighted by molar-refractivity contribution is 0.398. The van der Waals surface area contributed by atoms with Crippen LogP contribution >= 0.6 is 0 Å². The van der Waals surface area contributed by atoms with Crippen LogP contribution in [-0.4, -0.2) is 17.6 Å². The van der Waals surface area contributed by atoms with E-state index in [1.807, 2.05) is 12.1 Å². The molecule has 1 aromatic heterocycles. The minimum Gasteiger partial charge on any atom is -0.481 e. The average Bonchev–Trinajstić information content (AvgIpc) is 2.17. The summed E-state index contributed by atoms with van der Waals surface area (Å²) in [5.41, 5.74) is 1.17. The van der Waals surface area contributed by atoms with Crippen LogP contribution < -0.4 is 10.1 Å². The molecule has 15 heavy (non-hydrogen) atoms. The first-order valence-electron chi connectivity index (χ1n) is 5.35. The summed E-state index contributed by atoms with van der Waals surface area (Å²) in [6, 6.07) is 3.87. The number of hydrogen-bond acceptors (Lipinski definition) is 3. The largest absolute Gasteiger partial charge is 0.481 e. The number of ether oxygens (including phenoxy) is 1. The van der Waals surface area contributed by atoms with E-state index in [-0.39, 0.29) is 5.54 Å². The van der Waals surface area contributed by atoms with Crippen molar-refractivity contribution in [3.05, 3.63) is 18.3 Å². The molecular formula is C12H20N2O. The maximum absolute atomic E-state index is 5.08. The molecule has 0 saturated carbocycles. The molecule has 0 aliphatic heterocycles. The lowest BCUT2D eigenvalue weighted by Gasteiger charge is -2.27. The second kappa shape index (κ2) is 5.01. The summed E-state index contributed by atoms with van der Waals surface area (Å²) in [6.07, 6.45) is 4.06. The Bertz CT molecular complexity index is 310. The topological polar surface area (TPSA) is 34.2 Å². The highest BCUT2D eigenvalue weighted by molar-refractivity contribution is 5.46. The smallest absolute Gasteiger partial charge is 0.214 e. The van der Waals surface area contributed by atoms with Crippen molar-refractivity contribution in [3.63, 3.8) is 0 Å². The first-order valence-corrected chi connectivity index (χ1v) is 5.35. The number of nitrogens with one attached hydrogen (secondary N) is 1. The quantitative estimate of drug-likeness (QED) is 0.807. The Morgan fingerprint density at radius 1 is 1.47 bits per heavy atom. The summed E-state index contributed by atoms with van der Waals surface area (Å²) in [5.74, 6) is 0.646. The van der Waals surface area contributed by atoms with Gasteiger partial charge in [-0.25, -0.2) is 4.98 Å². The van der Waals surface area contributed by atoms with Crippen molar-refractivity contribution in [2.45, 2.75) is 39.2 Å². The van der Waals surface area contributed by atoms with E-state index in [0.29, 0.717) is 5.88 Å². The zero-order valence-electron chi connectivity index (χ0n) is 10.0. The molecule has 1 rings (SSSR count). The van der Waals surface area contributed by atoms with Gasteiger partial charge in [0.15, 0.2) is 0 Å². The molecule has 0 spiro atoms. The highest BCUT2D eigenvalue weighted by atomic mass is 16.5. The van der Waals surface area contributed by atoms with Crippen LogP contribution in [0.4, 0.5) is 5.69 Å². The molecule has 0 amide bonds. The Kier molecular flexibility index (Phi) is 3.95. The number of hydrogen-bond donors (Lipinski definition) is 1. The fourth-order valence-corrected chi connectivity index (χ4v) is 1.68. The summed E-state index contributed by atoms with van der Waals surface area (Å²) in [5, 5.41) is 3.47. The molecule has 1 aromatic rings. The number of aromatic nitrogens is 1. The molecule has 0 unspecified atom stereocenters. The van der Waals surface area contributed by atoms with Crippen molar-refractivity contribution in [2.75, 3.05) is 12.4 Å². The standard InChI is InChI=1S/C12H20N2O/c1-5-7-12(2,3)14-10-6-8-13-11(9-10)15-4/h6,8-9H,5,7H2,1-4H3,(H,13,14). The second-order valence-electron chi connectivity index (χ2n) is 4.35. The van der Waals surface area contributed by atoms with Gasteiger partial charge in [0.25, 0.3) is 0 Å². The molecule has 1 N–H and O–H groups in total. The summed E-state index contributed by atoms with van der Waals surface area (Å²) in [7, 11) is 1.63. The van der Waals surface area contributed by atoms with Crippen molar-refractivity contribution in [3.8, 4) is 5.88 Å². The molecule has 84 valence electrons. The van der Waals surface area contributed by atoms with Crippen LogP contribution in [0.2, 0.25) is 0 Å². The zero-order valence-corrected chi connectivity index (χ0v) is 10.0. The normalized spacial score (nSPS) is 11.2. The first kappa shape index (κ1) is 11.8. The number of pyridine rings is 1. The molecule has 0 atom stereocenters. The molecule has 0 fully saturated rings. The molecule has 0 bridgehead atoms.